The van der Waals surface area contributed by atoms with E-state index in [4.69, 9.17) is 4.74 Å². The highest BCUT2D eigenvalue weighted by Crippen LogP contribution is 2.36. The van der Waals surface area contributed by atoms with Crippen LogP contribution in [-0.4, -0.2) is 37.5 Å². The minimum Gasteiger partial charge on any atom is -0.479 e. The van der Waals surface area contributed by atoms with E-state index in [1.807, 2.05) is 6.92 Å². The first-order chi connectivity index (χ1) is 11.5. The number of carbonyl (C=O) groups excluding carboxylic acids is 3. The first-order valence-corrected chi connectivity index (χ1v) is 7.95. The number of amides is 2. The number of anilines is 2. The quantitative estimate of drug-likeness (QED) is 0.805. The number of nitrogens with one attached hydrogen (secondary N) is 1. The number of nitrogens with zero attached hydrogens (tertiary/aromatic N) is 1. The molecule has 1 atom stereocenters. The Kier molecular flexibility index (Phi) is 5.78. The fourth-order valence-electron chi connectivity index (χ4n) is 2.48. The van der Waals surface area contributed by atoms with E-state index in [2.05, 4.69) is 10.1 Å². The van der Waals surface area contributed by atoms with E-state index in [9.17, 15) is 14.4 Å². The maximum absolute atomic E-state index is 12.3. The van der Waals surface area contributed by atoms with E-state index in [1.54, 1.807) is 30.0 Å². The molecule has 0 bridgehead atoms. The average Bonchev–Trinajstić information content (AvgIpc) is 2.57. The molecule has 1 heterocycles. The second kappa shape index (κ2) is 7.81. The summed E-state index contributed by atoms with van der Waals surface area (Å²) < 4.78 is 10.1. The number of hydrogen-bond donors (Lipinski definition) is 1. The lowest BCUT2D eigenvalue weighted by Gasteiger charge is -2.33. The van der Waals surface area contributed by atoms with Crippen molar-refractivity contribution in [2.75, 3.05) is 23.9 Å². The van der Waals surface area contributed by atoms with Crippen molar-refractivity contribution < 1.29 is 23.9 Å². The molecular weight excluding hydrogens is 312 g/mol. The number of esters is 1. The van der Waals surface area contributed by atoms with Crippen LogP contribution in [-0.2, 0) is 19.1 Å². The van der Waals surface area contributed by atoms with Crippen LogP contribution >= 0.6 is 0 Å². The fraction of sp³-hybridized carbons (Fsp3) is 0.471. The van der Waals surface area contributed by atoms with Crippen LogP contribution in [0, 0.1) is 0 Å². The monoisotopic (exact) mass is 334 g/mol. The summed E-state index contributed by atoms with van der Waals surface area (Å²) in [7, 11) is 1.28. The third-order valence-electron chi connectivity index (χ3n) is 3.68. The van der Waals surface area contributed by atoms with Crippen LogP contribution in [0.2, 0.25) is 0 Å². The predicted octanol–water partition coefficient (Wildman–Crippen LogP) is 2.10. The second-order valence-corrected chi connectivity index (χ2v) is 5.56. The lowest BCUT2D eigenvalue weighted by molar-refractivity contribution is -0.141. The molecule has 7 heteroatoms. The molecule has 0 spiro atoms. The summed E-state index contributed by atoms with van der Waals surface area (Å²) >= 11 is 0. The third kappa shape index (κ3) is 4.04. The number of rotatable bonds is 6. The van der Waals surface area contributed by atoms with Gasteiger partial charge in [0, 0.05) is 18.7 Å². The molecule has 0 radical (unpaired) electrons. The van der Waals surface area contributed by atoms with E-state index >= 15 is 0 Å². The van der Waals surface area contributed by atoms with Crippen molar-refractivity contribution in [1.82, 2.24) is 0 Å². The molecule has 0 fully saturated rings. The molecule has 0 aliphatic carbocycles. The second-order valence-electron chi connectivity index (χ2n) is 5.56. The Morgan fingerprint density at radius 2 is 2.08 bits per heavy atom. The van der Waals surface area contributed by atoms with Crippen LogP contribution in [0.25, 0.3) is 0 Å². The highest BCUT2D eigenvalue weighted by Gasteiger charge is 2.31. The van der Waals surface area contributed by atoms with Gasteiger partial charge in [0.2, 0.25) is 5.91 Å². The van der Waals surface area contributed by atoms with Gasteiger partial charge in [-0.15, -0.1) is 0 Å². The first kappa shape index (κ1) is 17.8. The number of hydrogen-bond acceptors (Lipinski definition) is 5. The minimum absolute atomic E-state index is 0.0222. The van der Waals surface area contributed by atoms with Crippen molar-refractivity contribution in [2.24, 2.45) is 0 Å². The SMILES string of the molecule is CCCN1C(=O)C(C)Oc2ccc(NC(=O)CCC(=O)OC)cc21. The molecule has 0 saturated carbocycles. The van der Waals surface area contributed by atoms with Gasteiger partial charge in [-0.05, 0) is 31.5 Å². The van der Waals surface area contributed by atoms with Crippen molar-refractivity contribution >= 4 is 29.2 Å². The van der Waals surface area contributed by atoms with Crippen molar-refractivity contribution in [1.29, 1.82) is 0 Å². The van der Waals surface area contributed by atoms with Crippen molar-refractivity contribution in [2.45, 2.75) is 39.2 Å². The van der Waals surface area contributed by atoms with Crippen LogP contribution < -0.4 is 15.0 Å². The van der Waals surface area contributed by atoms with Gasteiger partial charge in [0.25, 0.3) is 5.91 Å². The molecule has 1 aromatic rings. The van der Waals surface area contributed by atoms with Crippen molar-refractivity contribution in [3.8, 4) is 5.75 Å². The number of carbonyl (C=O) groups is 3. The molecule has 0 saturated heterocycles. The smallest absolute Gasteiger partial charge is 0.306 e. The summed E-state index contributed by atoms with van der Waals surface area (Å²) in [5.74, 6) is -0.210. The largest absolute Gasteiger partial charge is 0.479 e. The van der Waals surface area contributed by atoms with Crippen molar-refractivity contribution in [3.05, 3.63) is 18.2 Å². The van der Waals surface area contributed by atoms with Crippen LogP contribution in [0.1, 0.15) is 33.1 Å². The molecule has 1 aliphatic rings. The maximum atomic E-state index is 12.3. The summed E-state index contributed by atoms with van der Waals surface area (Å²) in [6.45, 7) is 4.29. The normalized spacial score (nSPS) is 16.2. The zero-order valence-electron chi connectivity index (χ0n) is 14.1. The molecule has 1 unspecified atom stereocenters. The van der Waals surface area contributed by atoms with E-state index in [-0.39, 0.29) is 24.7 Å². The van der Waals surface area contributed by atoms with Gasteiger partial charge in [-0.1, -0.05) is 6.92 Å². The molecule has 1 N–H and O–H groups in total. The zero-order valence-corrected chi connectivity index (χ0v) is 14.1. The fourth-order valence-corrected chi connectivity index (χ4v) is 2.48. The maximum Gasteiger partial charge on any atom is 0.306 e. The van der Waals surface area contributed by atoms with Crippen LogP contribution in [0.4, 0.5) is 11.4 Å². The van der Waals surface area contributed by atoms with E-state index < -0.39 is 12.1 Å². The average molecular weight is 334 g/mol. The minimum atomic E-state index is -0.524. The molecule has 1 aromatic carbocycles. The molecule has 0 aromatic heterocycles. The summed E-state index contributed by atoms with van der Waals surface area (Å²) in [5, 5.41) is 2.72. The van der Waals surface area contributed by atoms with E-state index in [0.29, 0.717) is 23.7 Å². The number of ether oxygens (including phenoxy) is 2. The van der Waals surface area contributed by atoms with Crippen LogP contribution in [0.15, 0.2) is 18.2 Å². The van der Waals surface area contributed by atoms with Gasteiger partial charge in [-0.25, -0.2) is 0 Å². The molecule has 130 valence electrons. The zero-order chi connectivity index (χ0) is 17.7. The van der Waals surface area contributed by atoms with E-state index in [0.717, 1.165) is 6.42 Å². The molecule has 24 heavy (non-hydrogen) atoms. The Morgan fingerprint density at radius 1 is 1.33 bits per heavy atom. The number of benzene rings is 1. The highest BCUT2D eigenvalue weighted by atomic mass is 16.5. The Morgan fingerprint density at radius 3 is 2.75 bits per heavy atom. The molecular formula is C17H22N2O5. The number of methoxy groups -OCH3 is 1. The third-order valence-corrected chi connectivity index (χ3v) is 3.68. The Hall–Kier alpha value is -2.57. The summed E-state index contributed by atoms with van der Waals surface area (Å²) in [6.07, 6.45) is 0.348. The Labute approximate surface area is 140 Å². The molecule has 1 aliphatic heterocycles. The lowest BCUT2D eigenvalue weighted by Crippen LogP contribution is -2.44. The first-order valence-electron chi connectivity index (χ1n) is 7.95. The van der Waals surface area contributed by atoms with Gasteiger partial charge < -0.3 is 19.7 Å². The van der Waals surface area contributed by atoms with Gasteiger partial charge in [0.05, 0.1) is 19.2 Å². The Bertz CT molecular complexity index is 644. The van der Waals surface area contributed by atoms with Gasteiger partial charge in [0.1, 0.15) is 5.75 Å². The van der Waals surface area contributed by atoms with Gasteiger partial charge in [-0.2, -0.15) is 0 Å². The topological polar surface area (TPSA) is 84.9 Å². The summed E-state index contributed by atoms with van der Waals surface area (Å²) in [5.41, 5.74) is 1.20. The Balaban J connectivity index is 2.13. The predicted molar refractivity (Wildman–Crippen MR) is 89.1 cm³/mol. The molecule has 7 nitrogen and oxygen atoms in total. The molecule has 2 amide bonds. The van der Waals surface area contributed by atoms with Gasteiger partial charge >= 0.3 is 5.97 Å². The summed E-state index contributed by atoms with van der Waals surface area (Å²) in [6, 6.07) is 5.16. The summed E-state index contributed by atoms with van der Waals surface area (Å²) in [4.78, 5) is 36.9. The van der Waals surface area contributed by atoms with Crippen LogP contribution in [0.5, 0.6) is 5.75 Å². The van der Waals surface area contributed by atoms with Crippen LogP contribution in [0.3, 0.4) is 0 Å². The molecule has 2 rings (SSSR count). The number of fused-ring (bicyclic) bond motifs is 1. The van der Waals surface area contributed by atoms with Crippen molar-refractivity contribution in [3.63, 3.8) is 0 Å². The van der Waals surface area contributed by atoms with E-state index in [1.165, 1.54) is 7.11 Å². The lowest BCUT2D eigenvalue weighted by atomic mass is 10.1. The van der Waals surface area contributed by atoms with Gasteiger partial charge in [-0.3, -0.25) is 14.4 Å². The standard InChI is InChI=1S/C17H22N2O5/c1-4-9-19-13-10-12(18-15(20)7-8-16(21)23-3)5-6-14(13)24-11(2)17(19)22/h5-6,10-11H,4,7-9H2,1-3H3,(H,18,20). The van der Waals surface area contributed by atoms with Gasteiger partial charge in [0.15, 0.2) is 6.10 Å². The highest BCUT2D eigenvalue weighted by molar-refractivity contribution is 6.01.